The van der Waals surface area contributed by atoms with Crippen molar-refractivity contribution in [1.82, 2.24) is 9.97 Å². The van der Waals surface area contributed by atoms with Gasteiger partial charge in [-0.2, -0.15) is 9.97 Å². The van der Waals surface area contributed by atoms with Crippen LogP contribution in [0, 0.1) is 0 Å². The van der Waals surface area contributed by atoms with Crippen LogP contribution >= 0.6 is 0 Å². The van der Waals surface area contributed by atoms with Crippen molar-refractivity contribution in [1.29, 1.82) is 0 Å². The lowest BCUT2D eigenvalue weighted by Gasteiger charge is -2.28. The molecule has 1 heterocycles. The number of rotatable bonds is 8. The maximum absolute atomic E-state index is 12.4. The summed E-state index contributed by atoms with van der Waals surface area (Å²) in [5.74, 6) is 2.45. The molecule has 1 aliphatic rings. The normalized spacial score (nSPS) is 14.1. The van der Waals surface area contributed by atoms with Gasteiger partial charge in [-0.3, -0.25) is 4.90 Å². The molecule has 8 heteroatoms. The predicted molar refractivity (Wildman–Crippen MR) is 134 cm³/mol. The lowest BCUT2D eigenvalue weighted by Crippen LogP contribution is -2.44. The Morgan fingerprint density at radius 3 is 2.00 bits per heavy atom. The summed E-state index contributed by atoms with van der Waals surface area (Å²) in [5, 5.41) is 0. The van der Waals surface area contributed by atoms with E-state index in [4.69, 9.17) is 19.9 Å². The molecule has 184 valence electrons. The number of amides is 2. The fourth-order valence-electron chi connectivity index (χ4n) is 4.49. The Kier molecular flexibility index (Phi) is 8.03. The minimum atomic E-state index is -0.567. The molecule has 1 fully saturated rings. The van der Waals surface area contributed by atoms with Gasteiger partial charge in [0.25, 0.3) is 0 Å². The minimum Gasteiger partial charge on any atom is -0.481 e. The van der Waals surface area contributed by atoms with Crippen LogP contribution in [0.25, 0.3) is 0 Å². The molecule has 0 radical (unpaired) electrons. The lowest BCUT2D eigenvalue weighted by molar-refractivity contribution is 0.250. The number of urea groups is 1. The average Bonchev–Trinajstić information content (AvgIpc) is 3.15. The predicted octanol–water partition coefficient (Wildman–Crippen LogP) is 5.48. The van der Waals surface area contributed by atoms with Crippen molar-refractivity contribution in [2.45, 2.75) is 51.0 Å². The van der Waals surface area contributed by atoms with E-state index in [1.54, 1.807) is 14.2 Å². The Balaban J connectivity index is 1.59. The van der Waals surface area contributed by atoms with E-state index in [2.05, 4.69) is 9.97 Å². The molecule has 2 N–H and O–H groups in total. The van der Waals surface area contributed by atoms with E-state index in [9.17, 15) is 4.79 Å². The molecule has 35 heavy (non-hydrogen) atoms. The topological polar surface area (TPSA) is 99.8 Å². The van der Waals surface area contributed by atoms with E-state index < -0.39 is 6.03 Å². The third kappa shape index (κ3) is 6.01. The van der Waals surface area contributed by atoms with Gasteiger partial charge < -0.3 is 19.9 Å². The van der Waals surface area contributed by atoms with Gasteiger partial charge in [-0.1, -0.05) is 56.0 Å². The van der Waals surface area contributed by atoms with E-state index in [1.807, 2.05) is 54.6 Å². The fraction of sp³-hybridized carbons (Fsp3) is 0.370. The minimum absolute atomic E-state index is 0.0348. The Morgan fingerprint density at radius 1 is 0.886 bits per heavy atom. The molecule has 8 nitrogen and oxygen atoms in total. The van der Waals surface area contributed by atoms with Crippen molar-refractivity contribution < 1.29 is 19.0 Å². The first-order valence-corrected chi connectivity index (χ1v) is 12.0. The SMILES string of the molecule is COc1nc(N(C(N)=O)C2CCCCCC2)nc(OC)c1Cc1ccc(Oc2ccccc2)cc1. The van der Waals surface area contributed by atoms with Gasteiger partial charge in [-0.05, 0) is 42.7 Å². The van der Waals surface area contributed by atoms with E-state index in [0.717, 1.165) is 55.6 Å². The van der Waals surface area contributed by atoms with Crippen LogP contribution in [-0.2, 0) is 6.42 Å². The van der Waals surface area contributed by atoms with Gasteiger partial charge in [0.15, 0.2) is 0 Å². The molecule has 1 saturated carbocycles. The summed E-state index contributed by atoms with van der Waals surface area (Å²) in [6, 6.07) is 16.8. The van der Waals surface area contributed by atoms with Gasteiger partial charge >= 0.3 is 6.03 Å². The number of primary amides is 1. The van der Waals surface area contributed by atoms with Crippen LogP contribution in [0.1, 0.15) is 49.7 Å². The summed E-state index contributed by atoms with van der Waals surface area (Å²) in [5.41, 5.74) is 7.48. The van der Waals surface area contributed by atoms with Gasteiger partial charge in [-0.15, -0.1) is 0 Å². The van der Waals surface area contributed by atoms with Gasteiger partial charge in [0.1, 0.15) is 11.5 Å². The number of nitrogens with zero attached hydrogens (tertiary/aromatic N) is 3. The second-order valence-electron chi connectivity index (χ2n) is 8.61. The molecule has 0 unspecified atom stereocenters. The number of ether oxygens (including phenoxy) is 3. The van der Waals surface area contributed by atoms with Crippen molar-refractivity contribution in [3.8, 4) is 23.3 Å². The van der Waals surface area contributed by atoms with E-state index in [-0.39, 0.29) is 12.0 Å². The molecule has 0 saturated heterocycles. The Morgan fingerprint density at radius 2 is 1.46 bits per heavy atom. The van der Waals surface area contributed by atoms with Crippen LogP contribution in [0.2, 0.25) is 0 Å². The largest absolute Gasteiger partial charge is 0.481 e. The van der Waals surface area contributed by atoms with Gasteiger partial charge in [0.05, 0.1) is 19.8 Å². The first kappa shape index (κ1) is 24.3. The molecule has 0 atom stereocenters. The van der Waals surface area contributed by atoms with E-state index >= 15 is 0 Å². The van der Waals surface area contributed by atoms with Gasteiger partial charge in [0.2, 0.25) is 17.7 Å². The first-order chi connectivity index (χ1) is 17.1. The van der Waals surface area contributed by atoms with Crippen LogP contribution in [0.15, 0.2) is 54.6 Å². The van der Waals surface area contributed by atoms with Gasteiger partial charge in [-0.25, -0.2) is 4.79 Å². The quantitative estimate of drug-likeness (QED) is 0.432. The zero-order chi connectivity index (χ0) is 24.6. The third-order valence-corrected chi connectivity index (χ3v) is 6.23. The molecular formula is C27H32N4O4. The molecule has 1 aromatic heterocycles. The first-order valence-electron chi connectivity index (χ1n) is 12.0. The highest BCUT2D eigenvalue weighted by Gasteiger charge is 2.29. The van der Waals surface area contributed by atoms with Crippen molar-refractivity contribution in [2.24, 2.45) is 5.73 Å². The molecule has 0 aliphatic heterocycles. The highest BCUT2D eigenvalue weighted by Crippen LogP contribution is 2.33. The summed E-state index contributed by atoms with van der Waals surface area (Å²) < 4.78 is 17.1. The molecule has 0 bridgehead atoms. The summed E-state index contributed by atoms with van der Waals surface area (Å²) in [4.78, 5) is 23.1. The highest BCUT2D eigenvalue weighted by atomic mass is 16.5. The molecular weight excluding hydrogens is 444 g/mol. The van der Waals surface area contributed by atoms with Crippen LogP contribution in [-0.4, -0.2) is 36.3 Å². The van der Waals surface area contributed by atoms with Crippen molar-refractivity contribution >= 4 is 12.0 Å². The number of para-hydroxylation sites is 1. The number of carbonyl (C=O) groups is 1. The Bertz CT molecular complexity index is 1090. The maximum Gasteiger partial charge on any atom is 0.321 e. The smallest absolute Gasteiger partial charge is 0.321 e. The lowest BCUT2D eigenvalue weighted by atomic mass is 10.1. The summed E-state index contributed by atoms with van der Waals surface area (Å²) in [6.07, 6.45) is 6.63. The van der Waals surface area contributed by atoms with Gasteiger partial charge in [0, 0.05) is 12.5 Å². The second-order valence-corrected chi connectivity index (χ2v) is 8.61. The van der Waals surface area contributed by atoms with Crippen molar-refractivity contribution in [2.75, 3.05) is 19.1 Å². The molecule has 2 amide bonds. The molecule has 4 rings (SSSR count). The Hall–Kier alpha value is -3.81. The molecule has 2 aromatic carbocycles. The monoisotopic (exact) mass is 476 g/mol. The third-order valence-electron chi connectivity index (χ3n) is 6.23. The molecule has 1 aliphatic carbocycles. The molecule has 0 spiro atoms. The van der Waals surface area contributed by atoms with Crippen molar-refractivity contribution in [3.05, 3.63) is 65.7 Å². The second kappa shape index (κ2) is 11.6. The zero-order valence-corrected chi connectivity index (χ0v) is 20.3. The average molecular weight is 477 g/mol. The number of methoxy groups -OCH3 is 2. The zero-order valence-electron chi connectivity index (χ0n) is 20.3. The number of aromatic nitrogens is 2. The van der Waals surface area contributed by atoms with Crippen molar-refractivity contribution in [3.63, 3.8) is 0 Å². The number of hydrogen-bond donors (Lipinski definition) is 1. The highest BCUT2D eigenvalue weighted by molar-refractivity contribution is 5.89. The van der Waals surface area contributed by atoms with Crippen LogP contribution in [0.4, 0.5) is 10.7 Å². The standard InChI is InChI=1S/C27H32N4O4/c1-33-24-23(18-19-14-16-22(17-15-19)35-21-12-8-5-9-13-21)25(34-2)30-27(29-24)31(26(28)32)20-10-6-3-4-7-11-20/h5,8-9,12-17,20H,3-4,6-7,10-11,18H2,1-2H3,(H2,28,32). The number of carbonyl (C=O) groups excluding carboxylic acids is 1. The number of benzene rings is 2. The number of anilines is 1. The summed E-state index contributed by atoms with van der Waals surface area (Å²) in [6.45, 7) is 0. The van der Waals surface area contributed by atoms with E-state index in [0.29, 0.717) is 23.7 Å². The summed E-state index contributed by atoms with van der Waals surface area (Å²) >= 11 is 0. The summed E-state index contributed by atoms with van der Waals surface area (Å²) in [7, 11) is 3.10. The Labute approximate surface area is 206 Å². The number of nitrogens with two attached hydrogens (primary N) is 1. The maximum atomic E-state index is 12.4. The van der Waals surface area contributed by atoms with Crippen LogP contribution in [0.5, 0.6) is 23.3 Å². The van der Waals surface area contributed by atoms with E-state index in [1.165, 1.54) is 4.90 Å². The fourth-order valence-corrected chi connectivity index (χ4v) is 4.49. The van der Waals surface area contributed by atoms with Crippen LogP contribution in [0.3, 0.4) is 0 Å². The number of hydrogen-bond acceptors (Lipinski definition) is 6. The molecule has 3 aromatic rings. The van der Waals surface area contributed by atoms with Crippen LogP contribution < -0.4 is 24.8 Å².